The largest absolute Gasteiger partial charge is 0.463 e. The molecule has 3 aromatic rings. The SMILES string of the molecule is CC(=O)OC[C@H]1O[C@H](n2c(=O)n(Cc3nnn[nH]3)c3cnc(N)nc32)[C@H](OC(C)=O)[C@@H]1F. The van der Waals surface area contributed by atoms with Crippen LogP contribution in [0.2, 0.25) is 0 Å². The van der Waals surface area contributed by atoms with Crippen molar-refractivity contribution in [2.24, 2.45) is 0 Å². The monoisotopic (exact) mass is 451 g/mol. The summed E-state index contributed by atoms with van der Waals surface area (Å²) in [5, 5.41) is 13.2. The molecular formula is C16H18FN9O6. The summed E-state index contributed by atoms with van der Waals surface area (Å²) in [4.78, 5) is 44.1. The van der Waals surface area contributed by atoms with Gasteiger partial charge >= 0.3 is 17.6 Å². The van der Waals surface area contributed by atoms with Crippen LogP contribution in [0.5, 0.6) is 0 Å². The van der Waals surface area contributed by atoms with Gasteiger partial charge in [0.15, 0.2) is 30.0 Å². The van der Waals surface area contributed by atoms with E-state index in [0.717, 1.165) is 18.4 Å². The number of nitrogen functional groups attached to an aromatic ring is 1. The Bertz CT molecular complexity index is 1210. The van der Waals surface area contributed by atoms with Gasteiger partial charge in [-0.3, -0.25) is 14.2 Å². The molecule has 170 valence electrons. The number of carbonyl (C=O) groups excluding carboxylic acids is 2. The number of fused-ring (bicyclic) bond motifs is 1. The van der Waals surface area contributed by atoms with Crippen LogP contribution < -0.4 is 11.4 Å². The molecule has 4 atom stereocenters. The summed E-state index contributed by atoms with van der Waals surface area (Å²) in [6.45, 7) is 1.70. The number of nitrogens with one attached hydrogen (secondary N) is 1. The molecule has 0 unspecified atom stereocenters. The molecule has 1 fully saturated rings. The van der Waals surface area contributed by atoms with Crippen molar-refractivity contribution in [1.82, 2.24) is 39.7 Å². The first-order chi connectivity index (χ1) is 15.3. The van der Waals surface area contributed by atoms with Crippen molar-refractivity contribution in [3.63, 3.8) is 0 Å². The van der Waals surface area contributed by atoms with Gasteiger partial charge in [0.05, 0.1) is 12.7 Å². The van der Waals surface area contributed by atoms with E-state index < -0.39 is 48.8 Å². The maximum Gasteiger partial charge on any atom is 0.333 e. The molecule has 32 heavy (non-hydrogen) atoms. The number of nitrogens with two attached hydrogens (primary N) is 1. The fourth-order valence-corrected chi connectivity index (χ4v) is 3.40. The molecule has 4 rings (SSSR count). The van der Waals surface area contributed by atoms with Crippen molar-refractivity contribution >= 4 is 29.1 Å². The molecule has 1 saturated heterocycles. The second-order valence-corrected chi connectivity index (χ2v) is 6.91. The van der Waals surface area contributed by atoms with Crippen molar-refractivity contribution < 1.29 is 28.2 Å². The number of anilines is 1. The molecule has 16 heteroatoms. The Balaban J connectivity index is 1.81. The van der Waals surface area contributed by atoms with E-state index in [1.54, 1.807) is 0 Å². The molecule has 0 aliphatic carbocycles. The van der Waals surface area contributed by atoms with Gasteiger partial charge < -0.3 is 19.9 Å². The Morgan fingerprint density at radius 2 is 2.12 bits per heavy atom. The summed E-state index contributed by atoms with van der Waals surface area (Å²) in [6, 6.07) is 0. The van der Waals surface area contributed by atoms with E-state index in [9.17, 15) is 14.4 Å². The minimum absolute atomic E-state index is 0.0115. The third kappa shape index (κ3) is 3.86. The Kier molecular flexibility index (Phi) is 5.52. The van der Waals surface area contributed by atoms with Crippen LogP contribution in [0.15, 0.2) is 11.0 Å². The van der Waals surface area contributed by atoms with Gasteiger partial charge in [0.1, 0.15) is 18.2 Å². The van der Waals surface area contributed by atoms with Crippen molar-refractivity contribution in [2.45, 2.75) is 45.0 Å². The maximum absolute atomic E-state index is 15.1. The molecular weight excluding hydrogens is 433 g/mol. The van der Waals surface area contributed by atoms with Crippen LogP contribution in [-0.2, 0) is 30.3 Å². The second-order valence-electron chi connectivity index (χ2n) is 6.91. The number of halogens is 1. The predicted octanol–water partition coefficient (Wildman–Crippen LogP) is -1.53. The molecule has 15 nitrogen and oxygen atoms in total. The lowest BCUT2D eigenvalue weighted by Crippen LogP contribution is -2.37. The molecule has 0 bridgehead atoms. The third-order valence-electron chi connectivity index (χ3n) is 4.69. The minimum Gasteiger partial charge on any atom is -0.463 e. The number of hydrogen-bond acceptors (Lipinski definition) is 12. The van der Waals surface area contributed by atoms with E-state index in [2.05, 4.69) is 30.6 Å². The fraction of sp³-hybridized carbons (Fsp3) is 0.500. The van der Waals surface area contributed by atoms with Gasteiger partial charge in [0, 0.05) is 13.8 Å². The van der Waals surface area contributed by atoms with E-state index >= 15 is 4.39 Å². The highest BCUT2D eigenvalue weighted by atomic mass is 19.1. The van der Waals surface area contributed by atoms with E-state index in [-0.39, 0.29) is 29.5 Å². The number of esters is 2. The highest BCUT2D eigenvalue weighted by molar-refractivity contribution is 5.72. The number of ether oxygens (including phenoxy) is 3. The quantitative estimate of drug-likeness (QED) is 0.411. The zero-order valence-electron chi connectivity index (χ0n) is 16.8. The zero-order valence-corrected chi connectivity index (χ0v) is 16.8. The molecule has 0 spiro atoms. The zero-order chi connectivity index (χ0) is 23.0. The molecule has 4 heterocycles. The van der Waals surface area contributed by atoms with E-state index in [4.69, 9.17) is 19.9 Å². The lowest BCUT2D eigenvalue weighted by molar-refractivity contribution is -0.154. The van der Waals surface area contributed by atoms with Crippen molar-refractivity contribution in [3.05, 3.63) is 22.5 Å². The second kappa shape index (κ2) is 8.29. The van der Waals surface area contributed by atoms with Gasteiger partial charge in [-0.1, -0.05) is 0 Å². The number of tetrazole rings is 1. The number of nitrogens with zero attached hydrogens (tertiary/aromatic N) is 7. The van der Waals surface area contributed by atoms with E-state index in [0.29, 0.717) is 0 Å². The van der Waals surface area contributed by atoms with Crippen LogP contribution in [0, 0.1) is 0 Å². The van der Waals surface area contributed by atoms with Crippen molar-refractivity contribution in [2.75, 3.05) is 12.3 Å². The molecule has 1 aliphatic heterocycles. The van der Waals surface area contributed by atoms with Gasteiger partial charge in [-0.2, -0.15) is 4.98 Å². The van der Waals surface area contributed by atoms with Crippen LogP contribution in [0.25, 0.3) is 11.2 Å². The summed E-state index contributed by atoms with van der Waals surface area (Å²) in [5.74, 6) is -1.34. The molecule has 0 radical (unpaired) electrons. The van der Waals surface area contributed by atoms with Gasteiger partial charge in [-0.15, -0.1) is 5.10 Å². The first kappa shape index (κ1) is 21.3. The highest BCUT2D eigenvalue weighted by Gasteiger charge is 2.50. The van der Waals surface area contributed by atoms with Crippen molar-refractivity contribution in [3.8, 4) is 0 Å². The van der Waals surface area contributed by atoms with Gasteiger partial charge in [-0.25, -0.2) is 23.8 Å². The first-order valence-electron chi connectivity index (χ1n) is 9.32. The lowest BCUT2D eigenvalue weighted by atomic mass is 10.1. The summed E-state index contributed by atoms with van der Waals surface area (Å²) in [6.07, 6.45) is -4.83. The average Bonchev–Trinajstić information content (AvgIpc) is 3.40. The van der Waals surface area contributed by atoms with Gasteiger partial charge in [0.2, 0.25) is 5.95 Å². The van der Waals surface area contributed by atoms with Crippen molar-refractivity contribution in [1.29, 1.82) is 0 Å². The number of aromatic nitrogens is 8. The molecule has 0 aromatic carbocycles. The standard InChI is InChI=1S/C16H18FN9O6/c1-6(27)30-5-9-11(17)12(31-7(2)28)14(32-9)26-13-8(3-19-15(18)20-13)25(16(26)29)4-10-21-23-24-22-10/h3,9,11-12,14H,4-5H2,1-2H3,(H2,18,19,20)(H,21,22,23,24)/t9-,11-,12-,14+/m1/s1. The summed E-state index contributed by atoms with van der Waals surface area (Å²) >= 11 is 0. The average molecular weight is 451 g/mol. The number of carbonyl (C=O) groups is 2. The molecule has 3 N–H and O–H groups in total. The number of aromatic amines is 1. The number of H-pyrrole nitrogens is 1. The molecule has 0 amide bonds. The molecule has 1 aliphatic rings. The summed E-state index contributed by atoms with van der Waals surface area (Å²) in [5.41, 5.74) is 5.24. The number of imidazole rings is 1. The maximum atomic E-state index is 15.1. The van der Waals surface area contributed by atoms with Crippen LogP contribution in [-0.4, -0.2) is 76.7 Å². The Morgan fingerprint density at radius 3 is 2.78 bits per heavy atom. The van der Waals surface area contributed by atoms with Crippen LogP contribution in [0.3, 0.4) is 0 Å². The molecule has 0 saturated carbocycles. The lowest BCUT2D eigenvalue weighted by Gasteiger charge is -2.19. The van der Waals surface area contributed by atoms with E-state index in [1.807, 2.05) is 0 Å². The Labute approximate surface area is 177 Å². The third-order valence-corrected chi connectivity index (χ3v) is 4.69. The number of alkyl halides is 1. The predicted molar refractivity (Wildman–Crippen MR) is 100 cm³/mol. The van der Waals surface area contributed by atoms with Gasteiger partial charge in [-0.05, 0) is 10.4 Å². The number of rotatable bonds is 6. The fourth-order valence-electron chi connectivity index (χ4n) is 3.40. The number of hydrogen-bond donors (Lipinski definition) is 2. The molecule has 3 aromatic heterocycles. The van der Waals surface area contributed by atoms with E-state index in [1.165, 1.54) is 10.8 Å². The smallest absolute Gasteiger partial charge is 0.333 e. The minimum atomic E-state index is -1.90. The normalized spacial score (nSPS) is 22.8. The summed E-state index contributed by atoms with van der Waals surface area (Å²) in [7, 11) is 0. The van der Waals surface area contributed by atoms with Gasteiger partial charge in [0.25, 0.3) is 0 Å². The van der Waals surface area contributed by atoms with Crippen LogP contribution in [0.1, 0.15) is 25.9 Å². The first-order valence-corrected chi connectivity index (χ1v) is 9.32. The Morgan fingerprint density at radius 1 is 1.34 bits per heavy atom. The summed E-state index contributed by atoms with van der Waals surface area (Å²) < 4.78 is 33.0. The van der Waals surface area contributed by atoms with Crippen LogP contribution in [0.4, 0.5) is 10.3 Å². The topological polar surface area (TPSA) is 195 Å². The highest BCUT2D eigenvalue weighted by Crippen LogP contribution is 2.35. The van der Waals surface area contributed by atoms with Crippen LogP contribution >= 0.6 is 0 Å². The Hall–Kier alpha value is -3.95.